The molecular formula is C14H10N2O3. The van der Waals surface area contributed by atoms with Gasteiger partial charge in [-0.05, 0) is 30.3 Å². The van der Waals surface area contributed by atoms with E-state index in [9.17, 15) is 15.2 Å². The van der Waals surface area contributed by atoms with Crippen molar-refractivity contribution < 1.29 is 10.0 Å². The number of aromatic hydroxyl groups is 1. The van der Waals surface area contributed by atoms with E-state index < -0.39 is 4.92 Å². The van der Waals surface area contributed by atoms with Gasteiger partial charge >= 0.3 is 5.69 Å². The third kappa shape index (κ3) is 3.01. The molecule has 0 bridgehead atoms. The molecule has 0 aliphatic carbocycles. The molecule has 0 amide bonds. The average Bonchev–Trinajstić information content (AvgIpc) is 2.37. The largest absolute Gasteiger partial charge is 0.502 e. The highest BCUT2D eigenvalue weighted by Crippen LogP contribution is 2.25. The summed E-state index contributed by atoms with van der Waals surface area (Å²) in [5.41, 5.74) is 7.03. The molecule has 0 saturated carbocycles. The molecule has 0 spiro atoms. The second kappa shape index (κ2) is 5.10. The van der Waals surface area contributed by atoms with Crippen LogP contribution < -0.4 is 5.73 Å². The molecule has 0 aliphatic heterocycles. The van der Waals surface area contributed by atoms with Gasteiger partial charge in [0.2, 0.25) is 0 Å². The lowest BCUT2D eigenvalue weighted by Gasteiger charge is -1.96. The number of nitrogen functional groups attached to an aromatic ring is 1. The number of phenolic OH excluding ortho intramolecular Hbond substituents is 1. The third-order valence-electron chi connectivity index (χ3n) is 2.41. The zero-order valence-corrected chi connectivity index (χ0v) is 9.83. The van der Waals surface area contributed by atoms with E-state index in [2.05, 4.69) is 11.8 Å². The summed E-state index contributed by atoms with van der Waals surface area (Å²) in [7, 11) is 0. The van der Waals surface area contributed by atoms with Crippen LogP contribution in [0, 0.1) is 22.0 Å². The van der Waals surface area contributed by atoms with Crippen molar-refractivity contribution in [2.24, 2.45) is 0 Å². The van der Waals surface area contributed by atoms with Gasteiger partial charge in [0.25, 0.3) is 0 Å². The van der Waals surface area contributed by atoms with Crippen molar-refractivity contribution in [3.8, 4) is 17.6 Å². The molecular weight excluding hydrogens is 244 g/mol. The van der Waals surface area contributed by atoms with Gasteiger partial charge in [-0.1, -0.05) is 17.9 Å². The van der Waals surface area contributed by atoms with Gasteiger partial charge in [-0.15, -0.1) is 0 Å². The molecule has 0 fully saturated rings. The van der Waals surface area contributed by atoms with Crippen LogP contribution in [-0.4, -0.2) is 10.0 Å². The van der Waals surface area contributed by atoms with Gasteiger partial charge in [-0.25, -0.2) is 0 Å². The summed E-state index contributed by atoms with van der Waals surface area (Å²) in [6, 6.07) is 11.0. The van der Waals surface area contributed by atoms with Crippen molar-refractivity contribution in [3.63, 3.8) is 0 Å². The van der Waals surface area contributed by atoms with Crippen LogP contribution in [0.5, 0.6) is 5.75 Å². The lowest BCUT2D eigenvalue weighted by molar-refractivity contribution is -0.385. The van der Waals surface area contributed by atoms with Gasteiger partial charge in [0.05, 0.1) is 4.92 Å². The van der Waals surface area contributed by atoms with Crippen LogP contribution in [0.1, 0.15) is 11.1 Å². The van der Waals surface area contributed by atoms with E-state index in [1.54, 1.807) is 24.3 Å². The Morgan fingerprint density at radius 1 is 1.11 bits per heavy atom. The number of nitrogens with two attached hydrogens (primary N) is 1. The lowest BCUT2D eigenvalue weighted by atomic mass is 10.1. The molecule has 0 aliphatic rings. The minimum Gasteiger partial charge on any atom is -0.502 e. The number of nitro benzene ring substituents is 1. The smallest absolute Gasteiger partial charge is 0.311 e. The molecule has 19 heavy (non-hydrogen) atoms. The molecule has 2 rings (SSSR count). The second-order valence-corrected chi connectivity index (χ2v) is 3.84. The normalized spacial score (nSPS) is 9.47. The highest BCUT2D eigenvalue weighted by atomic mass is 16.6. The summed E-state index contributed by atoms with van der Waals surface area (Å²) in [6.45, 7) is 0. The Morgan fingerprint density at radius 3 is 2.42 bits per heavy atom. The van der Waals surface area contributed by atoms with E-state index >= 15 is 0 Å². The van der Waals surface area contributed by atoms with Gasteiger partial charge in [-0.2, -0.15) is 0 Å². The second-order valence-electron chi connectivity index (χ2n) is 3.84. The van der Waals surface area contributed by atoms with Crippen LogP contribution >= 0.6 is 0 Å². The van der Waals surface area contributed by atoms with E-state index in [1.807, 2.05) is 0 Å². The zero-order valence-electron chi connectivity index (χ0n) is 9.83. The number of hydrogen-bond donors (Lipinski definition) is 2. The maximum absolute atomic E-state index is 10.7. The molecule has 2 aromatic carbocycles. The quantitative estimate of drug-likeness (QED) is 0.353. The molecule has 0 heterocycles. The van der Waals surface area contributed by atoms with Crippen molar-refractivity contribution >= 4 is 11.4 Å². The van der Waals surface area contributed by atoms with E-state index in [0.717, 1.165) is 5.56 Å². The first-order chi connectivity index (χ1) is 9.06. The summed E-state index contributed by atoms with van der Waals surface area (Å²) in [4.78, 5) is 10.0. The summed E-state index contributed by atoms with van der Waals surface area (Å²) in [6.07, 6.45) is 0. The molecule has 0 radical (unpaired) electrons. The highest BCUT2D eigenvalue weighted by Gasteiger charge is 2.12. The van der Waals surface area contributed by atoms with Crippen molar-refractivity contribution in [3.05, 3.63) is 63.7 Å². The molecule has 5 heteroatoms. The molecule has 0 saturated heterocycles. The minimum atomic E-state index is -0.652. The van der Waals surface area contributed by atoms with E-state index in [0.29, 0.717) is 11.3 Å². The summed E-state index contributed by atoms with van der Waals surface area (Å²) >= 11 is 0. The first-order valence-corrected chi connectivity index (χ1v) is 5.41. The maximum Gasteiger partial charge on any atom is 0.311 e. The Hall–Kier alpha value is -3.00. The fourth-order valence-corrected chi connectivity index (χ4v) is 1.51. The Balaban J connectivity index is 2.35. The van der Waals surface area contributed by atoms with E-state index in [1.165, 1.54) is 18.2 Å². The maximum atomic E-state index is 10.7. The Morgan fingerprint density at radius 2 is 1.79 bits per heavy atom. The highest BCUT2D eigenvalue weighted by molar-refractivity contribution is 5.54. The summed E-state index contributed by atoms with van der Waals surface area (Å²) in [5, 5.41) is 20.0. The van der Waals surface area contributed by atoms with Crippen molar-refractivity contribution in [1.82, 2.24) is 0 Å². The summed E-state index contributed by atoms with van der Waals surface area (Å²) < 4.78 is 0. The van der Waals surface area contributed by atoms with Crippen LogP contribution in [-0.2, 0) is 0 Å². The first kappa shape index (κ1) is 12.5. The monoisotopic (exact) mass is 254 g/mol. The number of hydrogen-bond acceptors (Lipinski definition) is 4. The molecule has 94 valence electrons. The minimum absolute atomic E-state index is 0.362. The number of anilines is 1. The van der Waals surface area contributed by atoms with Crippen molar-refractivity contribution in [1.29, 1.82) is 0 Å². The van der Waals surface area contributed by atoms with Crippen LogP contribution in [0.2, 0.25) is 0 Å². The molecule has 2 aromatic rings. The van der Waals surface area contributed by atoms with Crippen LogP contribution in [0.4, 0.5) is 11.4 Å². The number of phenols is 1. The van der Waals surface area contributed by atoms with Crippen molar-refractivity contribution in [2.75, 3.05) is 5.73 Å². The van der Waals surface area contributed by atoms with Crippen LogP contribution in [0.25, 0.3) is 0 Å². The van der Waals surface area contributed by atoms with E-state index in [-0.39, 0.29) is 11.4 Å². The number of benzene rings is 2. The molecule has 0 aromatic heterocycles. The lowest BCUT2D eigenvalue weighted by Crippen LogP contribution is -1.89. The summed E-state index contributed by atoms with van der Waals surface area (Å²) in [5.74, 6) is 5.27. The third-order valence-corrected chi connectivity index (χ3v) is 2.41. The SMILES string of the molecule is Nc1cccc(C#Cc2ccc(O)c([N+](=O)[O-])c2)c1. The predicted octanol–water partition coefficient (Wildman–Crippen LogP) is 2.28. The van der Waals surface area contributed by atoms with Gasteiger partial charge in [-0.3, -0.25) is 10.1 Å². The standard InChI is InChI=1S/C14H10N2O3/c15-12-3-1-2-10(8-12)4-5-11-6-7-14(17)13(9-11)16(18)19/h1-3,6-9,17H,15H2. The Bertz CT molecular complexity index is 699. The van der Waals surface area contributed by atoms with Crippen LogP contribution in [0.3, 0.4) is 0 Å². The number of nitro groups is 1. The van der Waals surface area contributed by atoms with E-state index in [4.69, 9.17) is 5.73 Å². The molecule has 5 nitrogen and oxygen atoms in total. The number of rotatable bonds is 1. The fraction of sp³-hybridized carbons (Fsp3) is 0. The molecule has 3 N–H and O–H groups in total. The zero-order chi connectivity index (χ0) is 13.8. The number of nitrogens with zero attached hydrogens (tertiary/aromatic N) is 1. The fourth-order valence-electron chi connectivity index (χ4n) is 1.51. The van der Waals surface area contributed by atoms with Gasteiger partial charge in [0, 0.05) is 22.9 Å². The van der Waals surface area contributed by atoms with Gasteiger partial charge in [0.1, 0.15) is 0 Å². The molecule has 0 atom stereocenters. The Labute approximate surface area is 109 Å². The topological polar surface area (TPSA) is 89.4 Å². The molecule has 0 unspecified atom stereocenters. The average molecular weight is 254 g/mol. The van der Waals surface area contributed by atoms with Gasteiger partial charge < -0.3 is 10.8 Å². The van der Waals surface area contributed by atoms with Crippen molar-refractivity contribution in [2.45, 2.75) is 0 Å². The van der Waals surface area contributed by atoms with Crippen LogP contribution in [0.15, 0.2) is 42.5 Å². The Kier molecular flexibility index (Phi) is 3.35. The first-order valence-electron chi connectivity index (χ1n) is 5.41. The van der Waals surface area contributed by atoms with Gasteiger partial charge in [0.15, 0.2) is 5.75 Å². The predicted molar refractivity (Wildman–Crippen MR) is 71.6 cm³/mol.